The number of anilines is 1. The van der Waals surface area contributed by atoms with E-state index in [1.54, 1.807) is 12.1 Å². The molecule has 106 valence electrons. The number of hydrogen-bond donors (Lipinski definition) is 2. The summed E-state index contributed by atoms with van der Waals surface area (Å²) in [4.78, 5) is 0.129. The number of primary sulfonamides is 1. The number of rotatable bonds is 4. The highest BCUT2D eigenvalue weighted by molar-refractivity contribution is 7.89. The predicted molar refractivity (Wildman–Crippen MR) is 81.0 cm³/mol. The van der Waals surface area contributed by atoms with Crippen molar-refractivity contribution in [2.45, 2.75) is 24.8 Å². The van der Waals surface area contributed by atoms with Crippen molar-refractivity contribution in [2.75, 3.05) is 5.32 Å². The molecule has 2 rings (SSSR count). The molecule has 5 heteroatoms. The van der Waals surface area contributed by atoms with Gasteiger partial charge in [0.1, 0.15) is 0 Å². The van der Waals surface area contributed by atoms with E-state index in [9.17, 15) is 8.42 Å². The van der Waals surface area contributed by atoms with Gasteiger partial charge in [0, 0.05) is 11.7 Å². The van der Waals surface area contributed by atoms with Crippen LogP contribution in [0.25, 0.3) is 0 Å². The van der Waals surface area contributed by atoms with Crippen LogP contribution in [0.3, 0.4) is 0 Å². The van der Waals surface area contributed by atoms with Crippen molar-refractivity contribution in [2.24, 2.45) is 5.14 Å². The summed E-state index contributed by atoms with van der Waals surface area (Å²) in [5.74, 6) is 0. The summed E-state index contributed by atoms with van der Waals surface area (Å²) in [5.41, 5.74) is 3.23. The van der Waals surface area contributed by atoms with Crippen LogP contribution < -0.4 is 10.5 Å². The first-order chi connectivity index (χ1) is 9.38. The fraction of sp³-hybridized carbons (Fsp3) is 0.200. The highest BCUT2D eigenvalue weighted by Gasteiger charge is 2.10. The Balaban J connectivity index is 2.18. The zero-order valence-electron chi connectivity index (χ0n) is 11.5. The van der Waals surface area contributed by atoms with Gasteiger partial charge < -0.3 is 5.32 Å². The van der Waals surface area contributed by atoms with Crippen LogP contribution in [-0.4, -0.2) is 8.42 Å². The van der Waals surface area contributed by atoms with E-state index in [4.69, 9.17) is 5.14 Å². The highest BCUT2D eigenvalue weighted by atomic mass is 32.2. The third-order valence-corrected chi connectivity index (χ3v) is 4.15. The Morgan fingerprint density at radius 2 is 1.65 bits per heavy atom. The van der Waals surface area contributed by atoms with Gasteiger partial charge in [0.05, 0.1) is 4.90 Å². The lowest BCUT2D eigenvalue weighted by Crippen LogP contribution is -2.13. The molecule has 0 aromatic heterocycles. The summed E-state index contributed by atoms with van der Waals surface area (Å²) in [6.45, 7) is 4.07. The third kappa shape index (κ3) is 3.37. The first kappa shape index (κ1) is 14.6. The highest BCUT2D eigenvalue weighted by Crippen LogP contribution is 2.22. The van der Waals surface area contributed by atoms with E-state index < -0.39 is 10.0 Å². The van der Waals surface area contributed by atoms with E-state index in [0.717, 1.165) is 11.3 Å². The van der Waals surface area contributed by atoms with Crippen molar-refractivity contribution in [3.05, 3.63) is 59.7 Å². The number of sulfonamides is 1. The van der Waals surface area contributed by atoms with Crippen LogP contribution in [0.2, 0.25) is 0 Å². The van der Waals surface area contributed by atoms with E-state index in [0.29, 0.717) is 0 Å². The van der Waals surface area contributed by atoms with Gasteiger partial charge in [-0.15, -0.1) is 0 Å². The maximum Gasteiger partial charge on any atom is 0.238 e. The van der Waals surface area contributed by atoms with Gasteiger partial charge in [-0.2, -0.15) is 0 Å². The summed E-state index contributed by atoms with van der Waals surface area (Å²) in [5, 5.41) is 8.49. The van der Waals surface area contributed by atoms with E-state index in [-0.39, 0.29) is 10.9 Å². The second-order valence-corrected chi connectivity index (χ2v) is 6.36. The van der Waals surface area contributed by atoms with E-state index in [1.807, 2.05) is 38.1 Å². The molecule has 0 saturated heterocycles. The average molecular weight is 290 g/mol. The summed E-state index contributed by atoms with van der Waals surface area (Å²) in [7, 11) is -3.63. The average Bonchev–Trinajstić information content (AvgIpc) is 2.40. The van der Waals surface area contributed by atoms with E-state index >= 15 is 0 Å². The van der Waals surface area contributed by atoms with Crippen LogP contribution in [0.15, 0.2) is 53.4 Å². The first-order valence-electron chi connectivity index (χ1n) is 6.33. The Labute approximate surface area is 119 Å². The lowest BCUT2D eigenvalue weighted by Gasteiger charge is -2.17. The SMILES string of the molecule is Cc1ccccc1NC(C)c1ccc(S(N)(=O)=O)cc1. The summed E-state index contributed by atoms with van der Waals surface area (Å²) < 4.78 is 22.4. The molecule has 0 heterocycles. The van der Waals surface area contributed by atoms with Crippen LogP contribution in [-0.2, 0) is 10.0 Å². The van der Waals surface area contributed by atoms with Gasteiger partial charge in [0.2, 0.25) is 10.0 Å². The predicted octanol–water partition coefficient (Wildman–Crippen LogP) is 2.82. The molecule has 0 bridgehead atoms. The topological polar surface area (TPSA) is 72.2 Å². The smallest absolute Gasteiger partial charge is 0.238 e. The molecule has 2 aromatic rings. The monoisotopic (exact) mass is 290 g/mol. The number of hydrogen-bond acceptors (Lipinski definition) is 3. The Morgan fingerprint density at radius 3 is 2.20 bits per heavy atom. The quantitative estimate of drug-likeness (QED) is 0.909. The van der Waals surface area contributed by atoms with Crippen LogP contribution in [0.1, 0.15) is 24.1 Å². The summed E-state index contributed by atoms with van der Waals surface area (Å²) in [6, 6.07) is 14.7. The van der Waals surface area contributed by atoms with E-state index in [1.165, 1.54) is 17.7 Å². The zero-order chi connectivity index (χ0) is 14.8. The standard InChI is InChI=1S/C15H18N2O2S/c1-11-5-3-4-6-15(11)17-12(2)13-7-9-14(10-8-13)20(16,18)19/h3-10,12,17H,1-2H3,(H2,16,18,19). The molecule has 4 nitrogen and oxygen atoms in total. The Hall–Kier alpha value is -1.85. The van der Waals surface area contributed by atoms with Crippen LogP contribution in [0, 0.1) is 6.92 Å². The molecule has 0 spiro atoms. The Morgan fingerprint density at radius 1 is 1.05 bits per heavy atom. The molecule has 0 fully saturated rings. The van der Waals surface area contributed by atoms with Gasteiger partial charge in [-0.1, -0.05) is 30.3 Å². The molecule has 0 saturated carbocycles. The Kier molecular flexibility index (Phi) is 4.11. The van der Waals surface area contributed by atoms with Gasteiger partial charge in [-0.25, -0.2) is 13.6 Å². The molecule has 2 aromatic carbocycles. The van der Waals surface area contributed by atoms with Crippen molar-refractivity contribution in [3.63, 3.8) is 0 Å². The minimum absolute atomic E-state index is 0.0747. The second kappa shape index (κ2) is 5.64. The van der Waals surface area contributed by atoms with Gasteiger partial charge >= 0.3 is 0 Å². The van der Waals surface area contributed by atoms with E-state index in [2.05, 4.69) is 5.32 Å². The van der Waals surface area contributed by atoms with Crippen molar-refractivity contribution < 1.29 is 8.42 Å². The van der Waals surface area contributed by atoms with Crippen LogP contribution in [0.4, 0.5) is 5.69 Å². The number of benzene rings is 2. The van der Waals surface area contributed by atoms with Crippen LogP contribution >= 0.6 is 0 Å². The summed E-state index contributed by atoms with van der Waals surface area (Å²) in [6.07, 6.45) is 0. The van der Waals surface area contributed by atoms with Gasteiger partial charge in [0.25, 0.3) is 0 Å². The minimum Gasteiger partial charge on any atom is -0.378 e. The maximum absolute atomic E-state index is 11.2. The normalized spacial score (nSPS) is 12.9. The first-order valence-corrected chi connectivity index (χ1v) is 7.87. The fourth-order valence-electron chi connectivity index (χ4n) is 2.00. The molecule has 1 unspecified atom stereocenters. The van der Waals surface area contributed by atoms with Crippen molar-refractivity contribution >= 4 is 15.7 Å². The molecule has 0 radical (unpaired) electrons. The zero-order valence-corrected chi connectivity index (χ0v) is 12.3. The number of nitrogens with two attached hydrogens (primary N) is 1. The lowest BCUT2D eigenvalue weighted by molar-refractivity contribution is 0.597. The third-order valence-electron chi connectivity index (χ3n) is 3.23. The fourth-order valence-corrected chi connectivity index (χ4v) is 2.51. The van der Waals surface area contributed by atoms with Crippen molar-refractivity contribution in [1.29, 1.82) is 0 Å². The van der Waals surface area contributed by atoms with Gasteiger partial charge in [0.15, 0.2) is 0 Å². The summed E-state index contributed by atoms with van der Waals surface area (Å²) >= 11 is 0. The van der Waals surface area contributed by atoms with Crippen molar-refractivity contribution in [3.8, 4) is 0 Å². The number of nitrogens with one attached hydrogen (secondary N) is 1. The molecular weight excluding hydrogens is 272 g/mol. The number of aryl methyl sites for hydroxylation is 1. The van der Waals surface area contributed by atoms with Crippen LogP contribution in [0.5, 0.6) is 0 Å². The molecule has 3 N–H and O–H groups in total. The van der Waals surface area contributed by atoms with Gasteiger partial charge in [-0.05, 0) is 43.2 Å². The second-order valence-electron chi connectivity index (χ2n) is 4.79. The number of para-hydroxylation sites is 1. The molecule has 20 heavy (non-hydrogen) atoms. The van der Waals surface area contributed by atoms with Crippen molar-refractivity contribution in [1.82, 2.24) is 0 Å². The molecule has 0 amide bonds. The largest absolute Gasteiger partial charge is 0.378 e. The molecule has 0 aliphatic heterocycles. The minimum atomic E-state index is -3.63. The molecule has 1 atom stereocenters. The molecule has 0 aliphatic carbocycles. The lowest BCUT2D eigenvalue weighted by atomic mass is 10.1. The molecule has 0 aliphatic rings. The van der Waals surface area contributed by atoms with Gasteiger partial charge in [-0.3, -0.25) is 0 Å². The molecular formula is C15H18N2O2S. The Bertz CT molecular complexity index is 694. The maximum atomic E-state index is 11.2.